The number of nitrogens with zero attached hydrogens (tertiary/aromatic N) is 4. The molecule has 188 valence electrons. The van der Waals surface area contributed by atoms with Crippen molar-refractivity contribution < 1.29 is 9.13 Å². The van der Waals surface area contributed by atoms with E-state index >= 15 is 0 Å². The number of aromatic nitrogens is 4. The van der Waals surface area contributed by atoms with Gasteiger partial charge in [-0.15, -0.1) is 5.10 Å². The summed E-state index contributed by atoms with van der Waals surface area (Å²) in [6.07, 6.45) is 1.44. The van der Waals surface area contributed by atoms with Crippen LogP contribution in [0.2, 0.25) is 5.02 Å². The molecule has 10 heteroatoms. The molecule has 0 radical (unpaired) electrons. The van der Waals surface area contributed by atoms with E-state index in [1.165, 1.54) is 16.9 Å². The number of pyridine rings is 1. The number of hydrogen-bond donors (Lipinski definition) is 1. The van der Waals surface area contributed by atoms with Gasteiger partial charge in [-0.3, -0.25) is 13.9 Å². The maximum Gasteiger partial charge on any atom is 0.350 e. The molecule has 0 atom stereocenters. The second-order valence-corrected chi connectivity index (χ2v) is 8.84. The monoisotopic (exact) mass is 519 g/mol. The predicted molar refractivity (Wildman–Crippen MR) is 141 cm³/mol. The van der Waals surface area contributed by atoms with Gasteiger partial charge in [-0.05, 0) is 54.3 Å². The molecule has 0 bridgehead atoms. The molecular formula is C27H23ClFN5O3. The zero-order chi connectivity index (χ0) is 26.1. The van der Waals surface area contributed by atoms with Gasteiger partial charge in [-0.2, -0.15) is 4.68 Å². The first kappa shape index (κ1) is 24.5. The van der Waals surface area contributed by atoms with Gasteiger partial charge in [0.15, 0.2) is 11.6 Å². The lowest BCUT2D eigenvalue weighted by molar-refractivity contribution is 0.0989. The maximum absolute atomic E-state index is 14.6. The van der Waals surface area contributed by atoms with Crippen molar-refractivity contribution >= 4 is 28.1 Å². The quantitative estimate of drug-likeness (QED) is 0.320. The number of hydrogen-bond acceptors (Lipinski definition) is 5. The lowest BCUT2D eigenvalue weighted by atomic mass is 10.1. The summed E-state index contributed by atoms with van der Waals surface area (Å²) in [7, 11) is 0. The summed E-state index contributed by atoms with van der Waals surface area (Å²) in [5.74, 6) is -0.214. The molecule has 5 rings (SSSR count). The summed E-state index contributed by atoms with van der Waals surface area (Å²) in [6, 6.07) is 18.8. The highest BCUT2D eigenvalue weighted by atomic mass is 35.5. The van der Waals surface area contributed by atoms with Crippen molar-refractivity contribution in [2.75, 3.05) is 5.73 Å². The molecule has 3 aromatic carbocycles. The first-order chi connectivity index (χ1) is 17.9. The molecule has 0 amide bonds. The summed E-state index contributed by atoms with van der Waals surface area (Å²) in [5.41, 5.74) is 6.45. The van der Waals surface area contributed by atoms with Crippen LogP contribution in [-0.2, 0) is 24.5 Å². The minimum absolute atomic E-state index is 0.0224. The van der Waals surface area contributed by atoms with Crippen LogP contribution in [0.5, 0.6) is 0 Å². The highest BCUT2D eigenvalue weighted by Gasteiger charge is 2.17. The summed E-state index contributed by atoms with van der Waals surface area (Å²) in [4.78, 5) is 26.2. The SMILES string of the molecule is CCn1c(COCc2ccccc2)nn(-c2ccc3c(=O)n(-c4c(F)cc(N)cc4Cl)ccc3c2)c1=O. The fourth-order valence-electron chi connectivity index (χ4n) is 4.22. The molecule has 0 saturated heterocycles. The smallest absolute Gasteiger partial charge is 0.350 e. The topological polar surface area (TPSA) is 97.1 Å². The lowest BCUT2D eigenvalue weighted by Gasteiger charge is -2.11. The standard InChI is InChI=1S/C27H23ClFN5O3/c1-2-32-24(16-37-15-17-6-4-3-5-7-17)31-34(27(32)36)20-8-9-21-18(12-20)10-11-33(26(21)35)25-22(28)13-19(30)14-23(25)29/h3-14H,2,15-16,30H2,1H3. The largest absolute Gasteiger partial charge is 0.399 e. The molecule has 0 fully saturated rings. The highest BCUT2D eigenvalue weighted by molar-refractivity contribution is 6.32. The van der Waals surface area contributed by atoms with E-state index in [0.29, 0.717) is 35.4 Å². The highest BCUT2D eigenvalue weighted by Crippen LogP contribution is 2.26. The minimum atomic E-state index is -0.707. The Morgan fingerprint density at radius 2 is 1.81 bits per heavy atom. The van der Waals surface area contributed by atoms with Crippen LogP contribution in [-0.4, -0.2) is 18.9 Å². The Bertz CT molecular complexity index is 1700. The van der Waals surface area contributed by atoms with Crippen LogP contribution in [0.15, 0.2) is 82.5 Å². The third kappa shape index (κ3) is 4.66. The molecule has 2 heterocycles. The Kier molecular flexibility index (Phi) is 6.64. The summed E-state index contributed by atoms with van der Waals surface area (Å²) in [5, 5.41) is 5.40. The number of fused-ring (bicyclic) bond motifs is 1. The van der Waals surface area contributed by atoms with Crippen LogP contribution in [0.1, 0.15) is 18.3 Å². The molecule has 5 aromatic rings. The normalized spacial score (nSPS) is 11.3. The average molecular weight is 520 g/mol. The van der Waals surface area contributed by atoms with Crippen LogP contribution >= 0.6 is 11.6 Å². The Hall–Kier alpha value is -4.21. The zero-order valence-electron chi connectivity index (χ0n) is 19.9. The Morgan fingerprint density at radius 3 is 2.54 bits per heavy atom. The van der Waals surface area contributed by atoms with Crippen molar-refractivity contribution in [3.05, 3.63) is 116 Å². The van der Waals surface area contributed by atoms with Gasteiger partial charge in [-0.25, -0.2) is 9.18 Å². The summed E-state index contributed by atoms with van der Waals surface area (Å²) in [6.45, 7) is 2.84. The Balaban J connectivity index is 1.48. The third-order valence-electron chi connectivity index (χ3n) is 6.01. The molecule has 2 aromatic heterocycles. The van der Waals surface area contributed by atoms with Gasteiger partial charge in [0.2, 0.25) is 0 Å². The van der Waals surface area contributed by atoms with Gasteiger partial charge in [0.25, 0.3) is 5.56 Å². The number of nitrogen functional groups attached to an aromatic ring is 1. The van der Waals surface area contributed by atoms with Crippen molar-refractivity contribution in [3.63, 3.8) is 0 Å². The molecule has 8 nitrogen and oxygen atoms in total. The molecule has 0 unspecified atom stereocenters. The number of ether oxygens (including phenoxy) is 1. The van der Waals surface area contributed by atoms with Crippen LogP contribution in [0.25, 0.3) is 22.1 Å². The van der Waals surface area contributed by atoms with Crippen molar-refractivity contribution in [2.24, 2.45) is 0 Å². The number of anilines is 1. The summed E-state index contributed by atoms with van der Waals surface area (Å²) >= 11 is 6.18. The Labute approximate surface area is 215 Å². The number of rotatable bonds is 7. The van der Waals surface area contributed by atoms with Gasteiger partial charge in [0.05, 0.1) is 17.3 Å². The van der Waals surface area contributed by atoms with Crippen molar-refractivity contribution in [2.45, 2.75) is 26.7 Å². The molecule has 2 N–H and O–H groups in total. The first-order valence-corrected chi connectivity index (χ1v) is 12.0. The molecule has 0 aliphatic heterocycles. The number of benzene rings is 3. The second kappa shape index (κ2) is 10.0. The number of halogens is 2. The lowest BCUT2D eigenvalue weighted by Crippen LogP contribution is -2.24. The first-order valence-electron chi connectivity index (χ1n) is 11.6. The maximum atomic E-state index is 14.6. The van der Waals surface area contributed by atoms with E-state index in [1.54, 1.807) is 28.8 Å². The Morgan fingerprint density at radius 1 is 1.03 bits per heavy atom. The molecule has 0 saturated carbocycles. The fourth-order valence-corrected chi connectivity index (χ4v) is 4.53. The van der Waals surface area contributed by atoms with Crippen LogP contribution in [0.3, 0.4) is 0 Å². The molecule has 37 heavy (non-hydrogen) atoms. The van der Waals surface area contributed by atoms with E-state index in [0.717, 1.165) is 16.2 Å². The van der Waals surface area contributed by atoms with E-state index in [2.05, 4.69) is 5.10 Å². The van der Waals surface area contributed by atoms with E-state index in [4.69, 9.17) is 22.1 Å². The van der Waals surface area contributed by atoms with Gasteiger partial charge in [0.1, 0.15) is 12.3 Å². The number of nitrogens with two attached hydrogens (primary N) is 1. The predicted octanol–water partition coefficient (Wildman–Crippen LogP) is 4.45. The van der Waals surface area contributed by atoms with E-state index in [1.807, 2.05) is 37.3 Å². The van der Waals surface area contributed by atoms with Crippen LogP contribution in [0.4, 0.5) is 10.1 Å². The fraction of sp³-hybridized carbons (Fsp3) is 0.148. The van der Waals surface area contributed by atoms with Gasteiger partial charge < -0.3 is 10.5 Å². The van der Waals surface area contributed by atoms with E-state index in [9.17, 15) is 14.0 Å². The van der Waals surface area contributed by atoms with Gasteiger partial charge >= 0.3 is 5.69 Å². The van der Waals surface area contributed by atoms with E-state index in [-0.39, 0.29) is 28.7 Å². The van der Waals surface area contributed by atoms with Gasteiger partial charge in [-0.1, -0.05) is 41.9 Å². The zero-order valence-corrected chi connectivity index (χ0v) is 20.7. The minimum Gasteiger partial charge on any atom is -0.399 e. The van der Waals surface area contributed by atoms with Crippen molar-refractivity contribution in [1.82, 2.24) is 18.9 Å². The van der Waals surface area contributed by atoms with Gasteiger partial charge in [0, 0.05) is 23.8 Å². The van der Waals surface area contributed by atoms with E-state index < -0.39 is 11.4 Å². The molecule has 0 spiro atoms. The van der Waals surface area contributed by atoms with Crippen molar-refractivity contribution in [1.29, 1.82) is 0 Å². The van der Waals surface area contributed by atoms with Crippen LogP contribution in [0, 0.1) is 5.82 Å². The second-order valence-electron chi connectivity index (χ2n) is 8.43. The molecule has 0 aliphatic rings. The van der Waals surface area contributed by atoms with Crippen LogP contribution < -0.4 is 17.0 Å². The van der Waals surface area contributed by atoms with Crippen molar-refractivity contribution in [3.8, 4) is 11.4 Å². The summed E-state index contributed by atoms with van der Waals surface area (Å²) < 4.78 is 24.3. The average Bonchev–Trinajstić information content (AvgIpc) is 3.20. The third-order valence-corrected chi connectivity index (χ3v) is 6.30. The molecular weight excluding hydrogens is 497 g/mol. The molecule has 0 aliphatic carbocycles.